The van der Waals surface area contributed by atoms with E-state index < -0.39 is 18.0 Å². The van der Waals surface area contributed by atoms with Gasteiger partial charge in [0, 0.05) is 33.1 Å². The molecular weight excluding hydrogens is 477 g/mol. The zero-order chi connectivity index (χ0) is 24.9. The summed E-state index contributed by atoms with van der Waals surface area (Å²) in [6.45, 7) is 3.37. The van der Waals surface area contributed by atoms with Gasteiger partial charge >= 0.3 is 6.09 Å². The number of rotatable bonds is 7. The van der Waals surface area contributed by atoms with Gasteiger partial charge in [0.1, 0.15) is 11.9 Å². The van der Waals surface area contributed by atoms with Crippen molar-refractivity contribution in [3.63, 3.8) is 0 Å². The van der Waals surface area contributed by atoms with Crippen LogP contribution in [-0.4, -0.2) is 80.6 Å². The van der Waals surface area contributed by atoms with Crippen LogP contribution in [0.5, 0.6) is 0 Å². The van der Waals surface area contributed by atoms with E-state index in [0.717, 1.165) is 0 Å². The van der Waals surface area contributed by atoms with E-state index in [0.29, 0.717) is 42.4 Å². The molecule has 0 saturated carbocycles. The molecular formula is C23H26FN5O5S. The fraction of sp³-hybridized carbons (Fsp3) is 0.391. The summed E-state index contributed by atoms with van der Waals surface area (Å²) in [6.07, 6.45) is -1.10. The van der Waals surface area contributed by atoms with E-state index in [2.05, 4.69) is 10.6 Å². The van der Waals surface area contributed by atoms with Crippen LogP contribution in [-0.2, 0) is 14.3 Å². The van der Waals surface area contributed by atoms with Crippen LogP contribution in [0.25, 0.3) is 0 Å². The molecule has 2 aliphatic rings. The molecule has 4 rings (SSSR count). The maximum absolute atomic E-state index is 15.0. The number of ether oxygens (including phenoxy) is 1. The van der Waals surface area contributed by atoms with Crippen molar-refractivity contribution in [3.8, 4) is 0 Å². The average Bonchev–Trinajstić information content (AvgIpc) is 3.51. The molecule has 12 heteroatoms. The first-order valence-corrected chi connectivity index (χ1v) is 12.1. The monoisotopic (exact) mass is 503 g/mol. The number of hydrogen-bond acceptors (Lipinski definition) is 7. The van der Waals surface area contributed by atoms with Crippen molar-refractivity contribution in [2.45, 2.75) is 13.0 Å². The number of hydrogen-bond donors (Lipinski definition) is 2. The molecule has 186 valence electrons. The van der Waals surface area contributed by atoms with Crippen LogP contribution in [0.3, 0.4) is 0 Å². The summed E-state index contributed by atoms with van der Waals surface area (Å²) in [4.78, 5) is 53.1. The van der Waals surface area contributed by atoms with Crippen LogP contribution in [0.2, 0.25) is 0 Å². The third-order valence-electron chi connectivity index (χ3n) is 5.81. The Hall–Kier alpha value is -3.67. The van der Waals surface area contributed by atoms with Gasteiger partial charge in [0.2, 0.25) is 11.8 Å². The molecule has 1 atom stereocenters. The lowest BCUT2D eigenvalue weighted by Crippen LogP contribution is -2.51. The van der Waals surface area contributed by atoms with Gasteiger partial charge in [-0.1, -0.05) is 6.07 Å². The smallest absolute Gasteiger partial charge is 0.414 e. The number of benzene rings is 1. The van der Waals surface area contributed by atoms with Gasteiger partial charge in [-0.25, -0.2) is 9.18 Å². The van der Waals surface area contributed by atoms with E-state index in [1.165, 1.54) is 29.2 Å². The summed E-state index contributed by atoms with van der Waals surface area (Å²) < 4.78 is 20.2. The molecule has 1 aromatic carbocycles. The fourth-order valence-electron chi connectivity index (χ4n) is 3.98. The minimum Gasteiger partial charge on any atom is -0.442 e. The first-order chi connectivity index (χ1) is 16.8. The standard InChI is InChI=1S/C23H26FN5O5S/c1-15(30)25-12-17-14-29(23(33)34-17)16-4-5-19(18(24)11-16)27-6-8-28(9-7-27)21(31)13-26-22(32)20-3-2-10-35-20/h2-5,10-11,17H,6-9,12-14H2,1H3,(H,25,30)(H,26,32)/t17-/m0/s1. The van der Waals surface area contributed by atoms with E-state index in [4.69, 9.17) is 4.74 Å². The maximum Gasteiger partial charge on any atom is 0.414 e. The molecule has 2 N–H and O–H groups in total. The molecule has 3 heterocycles. The van der Waals surface area contributed by atoms with Crippen molar-refractivity contribution in [3.05, 3.63) is 46.4 Å². The fourth-order valence-corrected chi connectivity index (χ4v) is 4.62. The highest BCUT2D eigenvalue weighted by molar-refractivity contribution is 7.12. The Morgan fingerprint density at radius 1 is 1.14 bits per heavy atom. The molecule has 10 nitrogen and oxygen atoms in total. The molecule has 0 bridgehead atoms. The molecule has 2 saturated heterocycles. The summed E-state index contributed by atoms with van der Waals surface area (Å²) in [5.74, 6) is -1.17. The van der Waals surface area contributed by atoms with Gasteiger partial charge in [0.05, 0.1) is 35.9 Å². The summed E-state index contributed by atoms with van der Waals surface area (Å²) in [6, 6.07) is 8.01. The number of cyclic esters (lactones) is 1. The van der Waals surface area contributed by atoms with Crippen molar-refractivity contribution in [1.29, 1.82) is 0 Å². The Bertz CT molecular complexity index is 1100. The minimum absolute atomic E-state index is 0.0886. The van der Waals surface area contributed by atoms with Crippen LogP contribution in [0.1, 0.15) is 16.6 Å². The molecule has 35 heavy (non-hydrogen) atoms. The van der Waals surface area contributed by atoms with Gasteiger partial charge < -0.3 is 25.2 Å². The minimum atomic E-state index is -0.592. The van der Waals surface area contributed by atoms with Crippen LogP contribution in [0.15, 0.2) is 35.7 Å². The highest BCUT2D eigenvalue weighted by Crippen LogP contribution is 2.28. The van der Waals surface area contributed by atoms with Crippen LogP contribution in [0, 0.1) is 5.82 Å². The zero-order valence-electron chi connectivity index (χ0n) is 19.2. The molecule has 2 fully saturated rings. The van der Waals surface area contributed by atoms with E-state index >= 15 is 0 Å². The normalized spacial score (nSPS) is 17.8. The second kappa shape index (κ2) is 10.7. The van der Waals surface area contributed by atoms with Crippen molar-refractivity contribution < 1.29 is 28.3 Å². The van der Waals surface area contributed by atoms with Gasteiger partial charge in [-0.15, -0.1) is 11.3 Å². The molecule has 4 amide bonds. The van der Waals surface area contributed by atoms with E-state index in [1.807, 2.05) is 4.90 Å². The van der Waals surface area contributed by atoms with Crippen molar-refractivity contribution >= 4 is 46.5 Å². The van der Waals surface area contributed by atoms with E-state index in [1.54, 1.807) is 34.5 Å². The third kappa shape index (κ3) is 5.88. The molecule has 0 unspecified atom stereocenters. The lowest BCUT2D eigenvalue weighted by Gasteiger charge is -2.36. The number of piperazine rings is 1. The second-order valence-corrected chi connectivity index (χ2v) is 9.16. The first-order valence-electron chi connectivity index (χ1n) is 11.2. The number of carbonyl (C=O) groups is 4. The van der Waals surface area contributed by atoms with Crippen LogP contribution < -0.4 is 20.4 Å². The Morgan fingerprint density at radius 2 is 1.91 bits per heavy atom. The van der Waals surface area contributed by atoms with Gasteiger partial charge in [-0.3, -0.25) is 19.3 Å². The Kier molecular flexibility index (Phi) is 7.49. The predicted molar refractivity (Wildman–Crippen MR) is 128 cm³/mol. The molecule has 0 spiro atoms. The van der Waals surface area contributed by atoms with Crippen LogP contribution in [0.4, 0.5) is 20.6 Å². The third-order valence-corrected chi connectivity index (χ3v) is 6.68. The Morgan fingerprint density at radius 3 is 2.57 bits per heavy atom. The SMILES string of the molecule is CC(=O)NC[C@H]1CN(c2ccc(N3CCN(C(=O)CNC(=O)c4cccs4)CC3)c(F)c2)C(=O)O1. The predicted octanol–water partition coefficient (Wildman–Crippen LogP) is 1.43. The second-order valence-electron chi connectivity index (χ2n) is 8.22. The molecule has 0 radical (unpaired) electrons. The summed E-state index contributed by atoms with van der Waals surface area (Å²) in [5, 5.41) is 7.03. The van der Waals surface area contributed by atoms with Crippen LogP contribution >= 0.6 is 11.3 Å². The zero-order valence-corrected chi connectivity index (χ0v) is 20.0. The van der Waals surface area contributed by atoms with E-state index in [-0.39, 0.29) is 37.4 Å². The maximum atomic E-state index is 15.0. The average molecular weight is 504 g/mol. The molecule has 0 aliphatic carbocycles. The van der Waals surface area contributed by atoms with Crippen molar-refractivity contribution in [2.24, 2.45) is 0 Å². The van der Waals surface area contributed by atoms with Crippen molar-refractivity contribution in [1.82, 2.24) is 15.5 Å². The van der Waals surface area contributed by atoms with Gasteiger partial charge in [0.15, 0.2) is 0 Å². The van der Waals surface area contributed by atoms with Gasteiger partial charge in [-0.2, -0.15) is 0 Å². The number of anilines is 2. The number of amides is 4. The Labute approximate surface area is 205 Å². The lowest BCUT2D eigenvalue weighted by atomic mass is 10.2. The largest absolute Gasteiger partial charge is 0.442 e. The molecule has 2 aromatic rings. The highest BCUT2D eigenvalue weighted by Gasteiger charge is 2.33. The first kappa shape index (κ1) is 24.5. The summed E-state index contributed by atoms with van der Waals surface area (Å²) in [5.41, 5.74) is 0.756. The molecule has 1 aromatic heterocycles. The number of halogens is 1. The topological polar surface area (TPSA) is 111 Å². The number of nitrogens with zero attached hydrogens (tertiary/aromatic N) is 3. The molecule has 2 aliphatic heterocycles. The Balaban J connectivity index is 1.29. The van der Waals surface area contributed by atoms with Gasteiger partial charge in [0.25, 0.3) is 5.91 Å². The van der Waals surface area contributed by atoms with E-state index in [9.17, 15) is 23.6 Å². The van der Waals surface area contributed by atoms with Crippen molar-refractivity contribution in [2.75, 3.05) is 55.6 Å². The van der Waals surface area contributed by atoms with Gasteiger partial charge in [-0.05, 0) is 29.6 Å². The quantitative estimate of drug-likeness (QED) is 0.592. The highest BCUT2D eigenvalue weighted by atomic mass is 32.1. The summed E-state index contributed by atoms with van der Waals surface area (Å²) in [7, 11) is 0. The number of thiophene rings is 1. The lowest BCUT2D eigenvalue weighted by molar-refractivity contribution is -0.130. The number of nitrogens with one attached hydrogen (secondary N) is 2. The number of carbonyl (C=O) groups excluding carboxylic acids is 4. The summed E-state index contributed by atoms with van der Waals surface area (Å²) >= 11 is 1.31.